The molecule has 22 heavy (non-hydrogen) atoms. The van der Waals surface area contributed by atoms with Crippen molar-refractivity contribution < 1.29 is 9.53 Å². The van der Waals surface area contributed by atoms with Gasteiger partial charge in [-0.1, -0.05) is 18.2 Å². The molecule has 0 aromatic heterocycles. The fourth-order valence-corrected chi connectivity index (χ4v) is 2.12. The minimum atomic E-state index is -0.0771. The van der Waals surface area contributed by atoms with Crippen LogP contribution in [0.5, 0.6) is 5.75 Å². The van der Waals surface area contributed by atoms with Gasteiger partial charge in [0.25, 0.3) is 0 Å². The maximum absolute atomic E-state index is 12.1. The molecule has 0 atom stereocenters. The van der Waals surface area contributed by atoms with Crippen LogP contribution in [-0.2, 0) is 4.79 Å². The quantitative estimate of drug-likeness (QED) is 0.805. The SMILES string of the molecule is COc1ccc(N)cc1NC(=O)CCN(C)c1ccccc1. The van der Waals surface area contributed by atoms with Gasteiger partial charge in [0, 0.05) is 31.4 Å². The average molecular weight is 299 g/mol. The van der Waals surface area contributed by atoms with Crippen molar-refractivity contribution in [1.29, 1.82) is 0 Å². The third-order valence-electron chi connectivity index (χ3n) is 3.37. The Labute approximate surface area is 130 Å². The molecule has 0 spiro atoms. The van der Waals surface area contributed by atoms with Gasteiger partial charge in [0.05, 0.1) is 12.8 Å². The predicted octanol–water partition coefficient (Wildman–Crippen LogP) is 2.74. The van der Waals surface area contributed by atoms with Crippen molar-refractivity contribution in [3.63, 3.8) is 0 Å². The van der Waals surface area contributed by atoms with Gasteiger partial charge in [-0.3, -0.25) is 4.79 Å². The van der Waals surface area contributed by atoms with E-state index in [1.54, 1.807) is 25.3 Å². The Morgan fingerprint density at radius 1 is 1.23 bits per heavy atom. The number of nitrogens with zero attached hydrogens (tertiary/aromatic N) is 1. The molecule has 0 saturated carbocycles. The molecule has 0 saturated heterocycles. The molecule has 0 aliphatic carbocycles. The first-order chi connectivity index (χ1) is 10.6. The zero-order chi connectivity index (χ0) is 15.9. The highest BCUT2D eigenvalue weighted by Crippen LogP contribution is 2.26. The summed E-state index contributed by atoms with van der Waals surface area (Å²) in [6.07, 6.45) is 0.378. The Kier molecular flexibility index (Phi) is 5.25. The number of methoxy groups -OCH3 is 1. The molecule has 116 valence electrons. The molecule has 2 rings (SSSR count). The molecular weight excluding hydrogens is 278 g/mol. The lowest BCUT2D eigenvalue weighted by atomic mass is 10.2. The van der Waals surface area contributed by atoms with E-state index in [1.807, 2.05) is 42.3 Å². The summed E-state index contributed by atoms with van der Waals surface area (Å²) in [5, 5.41) is 2.84. The van der Waals surface area contributed by atoms with E-state index in [0.29, 0.717) is 30.1 Å². The van der Waals surface area contributed by atoms with Gasteiger partial charge < -0.3 is 20.7 Å². The minimum absolute atomic E-state index is 0.0771. The molecule has 0 aliphatic heterocycles. The van der Waals surface area contributed by atoms with Crippen LogP contribution in [0.25, 0.3) is 0 Å². The van der Waals surface area contributed by atoms with Crippen LogP contribution in [0.3, 0.4) is 0 Å². The molecule has 0 unspecified atom stereocenters. The van der Waals surface area contributed by atoms with Crippen molar-refractivity contribution in [3.8, 4) is 5.75 Å². The fourth-order valence-electron chi connectivity index (χ4n) is 2.12. The van der Waals surface area contributed by atoms with Gasteiger partial charge >= 0.3 is 0 Å². The van der Waals surface area contributed by atoms with Crippen molar-refractivity contribution >= 4 is 23.0 Å². The molecule has 0 fully saturated rings. The van der Waals surface area contributed by atoms with E-state index < -0.39 is 0 Å². The van der Waals surface area contributed by atoms with Gasteiger partial charge in [-0.05, 0) is 30.3 Å². The maximum Gasteiger partial charge on any atom is 0.226 e. The van der Waals surface area contributed by atoms with Gasteiger partial charge in [0.2, 0.25) is 5.91 Å². The lowest BCUT2D eigenvalue weighted by molar-refractivity contribution is -0.116. The molecule has 5 nitrogen and oxygen atoms in total. The molecule has 0 radical (unpaired) electrons. The molecule has 3 N–H and O–H groups in total. The first-order valence-corrected chi connectivity index (χ1v) is 7.09. The summed E-state index contributed by atoms with van der Waals surface area (Å²) >= 11 is 0. The number of nitrogens with two attached hydrogens (primary N) is 1. The highest BCUT2D eigenvalue weighted by atomic mass is 16.5. The summed E-state index contributed by atoms with van der Waals surface area (Å²) in [5.41, 5.74) is 7.99. The third-order valence-corrected chi connectivity index (χ3v) is 3.37. The number of anilines is 3. The van der Waals surface area contributed by atoms with Crippen LogP contribution < -0.4 is 20.7 Å². The molecule has 2 aromatic carbocycles. The van der Waals surface area contributed by atoms with Gasteiger partial charge in [-0.15, -0.1) is 0 Å². The molecule has 0 heterocycles. The van der Waals surface area contributed by atoms with Crippen molar-refractivity contribution in [3.05, 3.63) is 48.5 Å². The molecule has 1 amide bonds. The Hall–Kier alpha value is -2.69. The lowest BCUT2D eigenvalue weighted by Crippen LogP contribution is -2.24. The van der Waals surface area contributed by atoms with Crippen molar-refractivity contribution in [2.75, 3.05) is 36.7 Å². The van der Waals surface area contributed by atoms with Crippen LogP contribution in [0, 0.1) is 0 Å². The number of amides is 1. The van der Waals surface area contributed by atoms with E-state index in [1.165, 1.54) is 0 Å². The molecule has 0 aliphatic rings. The average Bonchev–Trinajstić information content (AvgIpc) is 2.53. The van der Waals surface area contributed by atoms with Crippen LogP contribution in [0.15, 0.2) is 48.5 Å². The number of nitrogen functional groups attached to an aromatic ring is 1. The Bertz CT molecular complexity index is 629. The Balaban J connectivity index is 1.92. The van der Waals surface area contributed by atoms with E-state index >= 15 is 0 Å². The van der Waals surface area contributed by atoms with E-state index in [9.17, 15) is 4.79 Å². The highest BCUT2D eigenvalue weighted by molar-refractivity contribution is 5.93. The minimum Gasteiger partial charge on any atom is -0.495 e. The van der Waals surface area contributed by atoms with Crippen molar-refractivity contribution in [1.82, 2.24) is 0 Å². The van der Waals surface area contributed by atoms with Crippen LogP contribution in [-0.4, -0.2) is 26.6 Å². The topological polar surface area (TPSA) is 67.6 Å². The zero-order valence-corrected chi connectivity index (χ0v) is 12.9. The number of benzene rings is 2. The summed E-state index contributed by atoms with van der Waals surface area (Å²) in [6, 6.07) is 15.1. The monoisotopic (exact) mass is 299 g/mol. The van der Waals surface area contributed by atoms with E-state index in [2.05, 4.69) is 5.32 Å². The Morgan fingerprint density at radius 3 is 2.64 bits per heavy atom. The number of carbonyl (C=O) groups is 1. The number of nitrogens with one attached hydrogen (secondary N) is 1. The van der Waals surface area contributed by atoms with Gasteiger partial charge in [0.1, 0.15) is 5.75 Å². The van der Waals surface area contributed by atoms with Crippen LogP contribution in [0.1, 0.15) is 6.42 Å². The zero-order valence-electron chi connectivity index (χ0n) is 12.9. The summed E-state index contributed by atoms with van der Waals surface area (Å²) in [7, 11) is 3.52. The van der Waals surface area contributed by atoms with Crippen LogP contribution >= 0.6 is 0 Å². The number of carbonyl (C=O) groups excluding carboxylic acids is 1. The summed E-state index contributed by atoms with van der Waals surface area (Å²) in [5.74, 6) is 0.519. The normalized spacial score (nSPS) is 10.1. The Morgan fingerprint density at radius 2 is 1.95 bits per heavy atom. The van der Waals surface area contributed by atoms with Crippen LogP contribution in [0.2, 0.25) is 0 Å². The largest absolute Gasteiger partial charge is 0.495 e. The second-order valence-corrected chi connectivity index (χ2v) is 5.02. The lowest BCUT2D eigenvalue weighted by Gasteiger charge is -2.19. The predicted molar refractivity (Wildman–Crippen MR) is 90.4 cm³/mol. The van der Waals surface area contributed by atoms with Gasteiger partial charge in [0.15, 0.2) is 0 Å². The number of para-hydroxylation sites is 1. The van der Waals surface area contributed by atoms with Crippen molar-refractivity contribution in [2.24, 2.45) is 0 Å². The molecule has 0 bridgehead atoms. The van der Waals surface area contributed by atoms with Crippen LogP contribution in [0.4, 0.5) is 17.1 Å². The van der Waals surface area contributed by atoms with E-state index in [4.69, 9.17) is 10.5 Å². The third kappa shape index (κ3) is 4.15. The molecule has 5 heteroatoms. The molecular formula is C17H21N3O2. The molecule has 2 aromatic rings. The second kappa shape index (κ2) is 7.36. The summed E-state index contributed by atoms with van der Waals surface area (Å²) < 4.78 is 5.22. The first kappa shape index (κ1) is 15.7. The summed E-state index contributed by atoms with van der Waals surface area (Å²) in [6.45, 7) is 0.625. The van der Waals surface area contributed by atoms with Gasteiger partial charge in [-0.2, -0.15) is 0 Å². The standard InChI is InChI=1S/C17H21N3O2/c1-20(14-6-4-3-5-7-14)11-10-17(21)19-15-12-13(18)8-9-16(15)22-2/h3-9,12H,10-11,18H2,1-2H3,(H,19,21). The van der Waals surface area contributed by atoms with Gasteiger partial charge in [-0.25, -0.2) is 0 Å². The van der Waals surface area contributed by atoms with E-state index in [0.717, 1.165) is 5.69 Å². The number of hydrogen-bond donors (Lipinski definition) is 2. The first-order valence-electron chi connectivity index (χ1n) is 7.09. The summed E-state index contributed by atoms with van der Waals surface area (Å²) in [4.78, 5) is 14.1. The number of rotatable bonds is 6. The second-order valence-electron chi connectivity index (χ2n) is 5.02. The fraction of sp³-hybridized carbons (Fsp3) is 0.235. The highest BCUT2D eigenvalue weighted by Gasteiger charge is 2.09. The number of hydrogen-bond acceptors (Lipinski definition) is 4. The smallest absolute Gasteiger partial charge is 0.226 e. The maximum atomic E-state index is 12.1. The van der Waals surface area contributed by atoms with E-state index in [-0.39, 0.29) is 5.91 Å². The van der Waals surface area contributed by atoms with Crippen molar-refractivity contribution in [2.45, 2.75) is 6.42 Å². The number of ether oxygens (including phenoxy) is 1.